The van der Waals surface area contributed by atoms with Crippen molar-refractivity contribution in [2.45, 2.75) is 26.4 Å². The fraction of sp³-hybridized carbons (Fsp3) is 0.190. The van der Waals surface area contributed by atoms with Crippen LogP contribution in [0.2, 0.25) is 0 Å². The molecule has 1 aromatic carbocycles. The molecule has 0 fully saturated rings. The second kappa shape index (κ2) is 7.45. The van der Waals surface area contributed by atoms with Crippen LogP contribution in [0.5, 0.6) is 0 Å². The molecule has 6 heteroatoms. The van der Waals surface area contributed by atoms with Gasteiger partial charge in [-0.05, 0) is 56.7 Å². The summed E-state index contributed by atoms with van der Waals surface area (Å²) in [6.07, 6.45) is 2.76. The number of amides is 1. The quantitative estimate of drug-likeness (QED) is 0.661. The van der Waals surface area contributed by atoms with E-state index >= 15 is 0 Å². The number of aromatic amines is 1. The average Bonchev–Trinajstić information content (AvgIpc) is 3.11. The van der Waals surface area contributed by atoms with E-state index in [4.69, 9.17) is 4.74 Å². The maximum atomic E-state index is 12.4. The van der Waals surface area contributed by atoms with Crippen molar-refractivity contribution in [3.8, 4) is 11.3 Å². The number of benzene rings is 1. The van der Waals surface area contributed by atoms with Gasteiger partial charge in [0.05, 0.1) is 0 Å². The number of ketones is 1. The van der Waals surface area contributed by atoms with Crippen LogP contribution >= 0.6 is 0 Å². The van der Waals surface area contributed by atoms with E-state index in [1.165, 1.54) is 0 Å². The van der Waals surface area contributed by atoms with Gasteiger partial charge in [0.2, 0.25) is 5.78 Å². The van der Waals surface area contributed by atoms with E-state index in [0.717, 1.165) is 11.3 Å². The van der Waals surface area contributed by atoms with Gasteiger partial charge in [0.25, 0.3) is 0 Å². The number of aromatic nitrogens is 2. The van der Waals surface area contributed by atoms with Crippen LogP contribution in [0.15, 0.2) is 60.9 Å². The maximum Gasteiger partial charge on any atom is 0.412 e. The molecule has 0 aliphatic heterocycles. The van der Waals surface area contributed by atoms with Crippen molar-refractivity contribution in [1.29, 1.82) is 0 Å². The summed E-state index contributed by atoms with van der Waals surface area (Å²) < 4.78 is 5.23. The van der Waals surface area contributed by atoms with Crippen LogP contribution in [0.25, 0.3) is 11.3 Å². The second-order valence-corrected chi connectivity index (χ2v) is 7.05. The molecule has 2 heterocycles. The third-order valence-electron chi connectivity index (χ3n) is 3.68. The Morgan fingerprint density at radius 3 is 2.44 bits per heavy atom. The smallest absolute Gasteiger partial charge is 0.412 e. The molecule has 6 nitrogen and oxygen atoms in total. The highest BCUT2D eigenvalue weighted by Gasteiger charge is 2.16. The summed E-state index contributed by atoms with van der Waals surface area (Å²) in [6, 6.07) is 14.3. The number of nitrogens with one attached hydrogen (secondary N) is 2. The number of hydrogen-bond donors (Lipinski definition) is 2. The van der Waals surface area contributed by atoms with E-state index in [2.05, 4.69) is 15.3 Å². The predicted octanol–water partition coefficient (Wildman–Crippen LogP) is 4.65. The molecule has 3 aromatic rings. The number of H-pyrrole nitrogens is 1. The van der Waals surface area contributed by atoms with Crippen molar-refractivity contribution < 1.29 is 14.3 Å². The van der Waals surface area contributed by atoms with Gasteiger partial charge in [-0.3, -0.25) is 15.1 Å². The lowest BCUT2D eigenvalue weighted by molar-refractivity contribution is 0.0635. The Balaban J connectivity index is 1.70. The topological polar surface area (TPSA) is 84.1 Å². The molecule has 138 valence electrons. The SMILES string of the molecule is CC(C)(C)OC(=O)Nc1ccc(-c2cc(C(=O)c3ccccn3)c[nH]2)cc1. The number of carbonyl (C=O) groups excluding carboxylic acids is 2. The van der Waals surface area contributed by atoms with Crippen LogP contribution < -0.4 is 5.32 Å². The second-order valence-electron chi connectivity index (χ2n) is 7.05. The zero-order valence-electron chi connectivity index (χ0n) is 15.4. The third kappa shape index (κ3) is 4.82. The zero-order chi connectivity index (χ0) is 19.4. The molecule has 0 aliphatic rings. The zero-order valence-corrected chi connectivity index (χ0v) is 15.4. The summed E-state index contributed by atoms with van der Waals surface area (Å²) in [7, 11) is 0. The highest BCUT2D eigenvalue weighted by Crippen LogP contribution is 2.22. The Morgan fingerprint density at radius 2 is 1.81 bits per heavy atom. The first-order valence-electron chi connectivity index (χ1n) is 8.56. The minimum atomic E-state index is -0.551. The number of pyridine rings is 1. The summed E-state index contributed by atoms with van der Waals surface area (Å²) >= 11 is 0. The van der Waals surface area contributed by atoms with Crippen molar-refractivity contribution in [2.24, 2.45) is 0 Å². The molecule has 0 aliphatic carbocycles. The van der Waals surface area contributed by atoms with Crippen LogP contribution in [0.4, 0.5) is 10.5 Å². The standard InChI is InChI=1S/C21H21N3O3/c1-21(2,3)27-20(26)24-16-9-7-14(8-10-16)18-12-15(13-23-18)19(25)17-6-4-5-11-22-17/h4-13,23H,1-3H3,(H,24,26). The average molecular weight is 363 g/mol. The molecule has 0 spiro atoms. The Bertz CT molecular complexity index is 939. The van der Waals surface area contributed by atoms with Gasteiger partial charge in [0.15, 0.2) is 0 Å². The molecule has 2 N–H and O–H groups in total. The van der Waals surface area contributed by atoms with Gasteiger partial charge in [-0.15, -0.1) is 0 Å². The summed E-state index contributed by atoms with van der Waals surface area (Å²) in [5.74, 6) is -0.138. The van der Waals surface area contributed by atoms with Gasteiger partial charge >= 0.3 is 6.09 Å². The number of ether oxygens (including phenoxy) is 1. The van der Waals surface area contributed by atoms with Gasteiger partial charge in [-0.2, -0.15) is 0 Å². The van der Waals surface area contributed by atoms with E-state index in [-0.39, 0.29) is 5.78 Å². The largest absolute Gasteiger partial charge is 0.444 e. The molecule has 0 radical (unpaired) electrons. The minimum absolute atomic E-state index is 0.138. The lowest BCUT2D eigenvalue weighted by atomic mass is 10.1. The first kappa shape index (κ1) is 18.4. The maximum absolute atomic E-state index is 12.4. The molecular weight excluding hydrogens is 342 g/mol. The monoisotopic (exact) mass is 363 g/mol. The van der Waals surface area contributed by atoms with Crippen molar-refractivity contribution in [1.82, 2.24) is 9.97 Å². The fourth-order valence-corrected chi connectivity index (χ4v) is 2.49. The van der Waals surface area contributed by atoms with Crippen molar-refractivity contribution in [2.75, 3.05) is 5.32 Å². The lowest BCUT2D eigenvalue weighted by Gasteiger charge is -2.19. The van der Waals surface area contributed by atoms with E-state index in [9.17, 15) is 9.59 Å². The number of carbonyl (C=O) groups is 2. The van der Waals surface area contributed by atoms with Gasteiger partial charge in [0.1, 0.15) is 11.3 Å². The van der Waals surface area contributed by atoms with Crippen LogP contribution in [-0.2, 0) is 4.74 Å². The van der Waals surface area contributed by atoms with E-state index in [1.807, 2.05) is 32.9 Å². The van der Waals surface area contributed by atoms with Gasteiger partial charge in [0, 0.05) is 29.3 Å². The molecule has 27 heavy (non-hydrogen) atoms. The number of anilines is 1. The predicted molar refractivity (Wildman–Crippen MR) is 104 cm³/mol. The number of rotatable bonds is 4. The lowest BCUT2D eigenvalue weighted by Crippen LogP contribution is -2.27. The Morgan fingerprint density at radius 1 is 1.07 bits per heavy atom. The first-order chi connectivity index (χ1) is 12.8. The highest BCUT2D eigenvalue weighted by atomic mass is 16.6. The summed E-state index contributed by atoms with van der Waals surface area (Å²) in [4.78, 5) is 31.4. The molecule has 0 bridgehead atoms. The van der Waals surface area contributed by atoms with Gasteiger partial charge in [-0.1, -0.05) is 18.2 Å². The van der Waals surface area contributed by atoms with Crippen LogP contribution in [0.1, 0.15) is 36.8 Å². The minimum Gasteiger partial charge on any atom is -0.444 e. The number of nitrogens with zero attached hydrogens (tertiary/aromatic N) is 1. The highest BCUT2D eigenvalue weighted by molar-refractivity contribution is 6.08. The molecule has 3 rings (SSSR count). The fourth-order valence-electron chi connectivity index (χ4n) is 2.49. The van der Waals surface area contributed by atoms with E-state index in [1.54, 1.807) is 48.8 Å². The van der Waals surface area contributed by atoms with Gasteiger partial charge in [-0.25, -0.2) is 4.79 Å². The first-order valence-corrected chi connectivity index (χ1v) is 8.56. The van der Waals surface area contributed by atoms with Crippen LogP contribution in [0, 0.1) is 0 Å². The summed E-state index contributed by atoms with van der Waals surface area (Å²) in [5, 5.41) is 2.69. The molecule has 1 amide bonds. The normalized spacial score (nSPS) is 11.1. The Labute approximate surface area is 157 Å². The molecule has 0 saturated heterocycles. The van der Waals surface area contributed by atoms with E-state index < -0.39 is 11.7 Å². The molecular formula is C21H21N3O3. The molecule has 0 atom stereocenters. The molecule has 0 unspecified atom stereocenters. The van der Waals surface area contributed by atoms with Crippen molar-refractivity contribution in [3.05, 3.63) is 72.2 Å². The van der Waals surface area contributed by atoms with Crippen molar-refractivity contribution >= 4 is 17.6 Å². The Hall–Kier alpha value is -3.41. The molecule has 2 aromatic heterocycles. The van der Waals surface area contributed by atoms with E-state index in [0.29, 0.717) is 16.9 Å². The van der Waals surface area contributed by atoms with Gasteiger partial charge < -0.3 is 9.72 Å². The summed E-state index contributed by atoms with van der Waals surface area (Å²) in [6.45, 7) is 5.43. The van der Waals surface area contributed by atoms with Crippen LogP contribution in [-0.4, -0.2) is 27.4 Å². The number of hydrogen-bond acceptors (Lipinski definition) is 4. The molecule has 0 saturated carbocycles. The van der Waals surface area contributed by atoms with Crippen LogP contribution in [0.3, 0.4) is 0 Å². The third-order valence-corrected chi connectivity index (χ3v) is 3.68. The summed E-state index contributed by atoms with van der Waals surface area (Å²) in [5.41, 5.74) is 2.72. The van der Waals surface area contributed by atoms with Crippen molar-refractivity contribution in [3.63, 3.8) is 0 Å². The Kier molecular flexibility index (Phi) is 5.07.